The first-order valence-corrected chi connectivity index (χ1v) is 13.0. The van der Waals surface area contributed by atoms with Crippen LogP contribution in [0.1, 0.15) is 34.3 Å². The van der Waals surface area contributed by atoms with E-state index in [2.05, 4.69) is 30.0 Å². The number of carbonyl (C=O) groups excluding carboxylic acids is 1. The summed E-state index contributed by atoms with van der Waals surface area (Å²) in [5.74, 6) is -0.0435. The van der Waals surface area contributed by atoms with E-state index in [1.54, 1.807) is 22.4 Å². The van der Waals surface area contributed by atoms with Crippen LogP contribution in [-0.4, -0.2) is 38.4 Å². The monoisotopic (exact) mass is 469 g/mol. The second-order valence-electron chi connectivity index (χ2n) is 8.04. The van der Waals surface area contributed by atoms with Gasteiger partial charge in [-0.15, -0.1) is 11.3 Å². The Kier molecular flexibility index (Phi) is 6.64. The van der Waals surface area contributed by atoms with Crippen molar-refractivity contribution in [3.63, 3.8) is 0 Å². The van der Waals surface area contributed by atoms with Crippen LogP contribution >= 0.6 is 11.3 Å². The number of sulfonamides is 1. The molecule has 1 aliphatic rings. The molecule has 2 N–H and O–H groups in total. The van der Waals surface area contributed by atoms with Crippen molar-refractivity contribution in [1.29, 1.82) is 0 Å². The number of benzene rings is 2. The van der Waals surface area contributed by atoms with Crippen molar-refractivity contribution in [2.24, 2.45) is 0 Å². The Morgan fingerprint density at radius 1 is 0.969 bits per heavy atom. The maximum absolute atomic E-state index is 13.3. The number of nitrogens with zero attached hydrogens (tertiary/aromatic N) is 1. The van der Waals surface area contributed by atoms with Gasteiger partial charge in [-0.3, -0.25) is 4.79 Å². The van der Waals surface area contributed by atoms with Gasteiger partial charge < -0.3 is 10.2 Å². The molecule has 8 heteroatoms. The topological polar surface area (TPSA) is 78.5 Å². The number of carbonyl (C=O) groups is 1. The van der Waals surface area contributed by atoms with E-state index in [0.29, 0.717) is 35.7 Å². The van der Waals surface area contributed by atoms with Crippen LogP contribution in [0.5, 0.6) is 0 Å². The normalized spacial score (nSPS) is 15.0. The Morgan fingerprint density at radius 3 is 2.41 bits per heavy atom. The summed E-state index contributed by atoms with van der Waals surface area (Å²) in [6.45, 7) is 5.14. The number of piperidine rings is 1. The highest BCUT2D eigenvalue weighted by molar-refractivity contribution is 7.91. The number of rotatable bonds is 6. The first-order valence-electron chi connectivity index (χ1n) is 10.6. The van der Waals surface area contributed by atoms with Gasteiger partial charge >= 0.3 is 0 Å². The molecule has 1 fully saturated rings. The zero-order chi connectivity index (χ0) is 22.7. The van der Waals surface area contributed by atoms with E-state index >= 15 is 0 Å². The number of thiophene rings is 1. The largest absolute Gasteiger partial charge is 0.355 e. The molecule has 0 spiro atoms. The van der Waals surface area contributed by atoms with Crippen molar-refractivity contribution in [1.82, 2.24) is 9.62 Å². The van der Waals surface area contributed by atoms with E-state index < -0.39 is 10.0 Å². The highest BCUT2D eigenvalue weighted by Gasteiger charge is 2.28. The van der Waals surface area contributed by atoms with Crippen LogP contribution in [0.3, 0.4) is 0 Å². The number of likely N-dealkylation sites (tertiary alicyclic amines) is 1. The zero-order valence-electron chi connectivity index (χ0n) is 18.2. The van der Waals surface area contributed by atoms with Gasteiger partial charge in [0.05, 0.1) is 11.3 Å². The Balaban J connectivity index is 1.43. The summed E-state index contributed by atoms with van der Waals surface area (Å²) < 4.78 is 28.1. The van der Waals surface area contributed by atoms with E-state index in [1.807, 2.05) is 36.4 Å². The van der Waals surface area contributed by atoms with Crippen molar-refractivity contribution in [3.05, 3.63) is 76.7 Å². The molecular formula is C24H27N3O3S2. The lowest BCUT2D eigenvalue weighted by Gasteiger charge is -2.32. The maximum Gasteiger partial charge on any atom is 0.255 e. The molecule has 0 atom stereocenters. The van der Waals surface area contributed by atoms with Gasteiger partial charge in [0, 0.05) is 24.8 Å². The molecule has 6 nitrogen and oxygen atoms in total. The standard InChI is InChI=1S/C24H27N3O3S2/c1-17-7-5-10-21(18(17)2)25-22-9-4-3-8-20(22)24(28)27-14-12-19(13-15-27)26-32(29,30)23-11-6-16-31-23/h3-11,16,19,25-26H,12-15H2,1-2H3. The van der Waals surface area contributed by atoms with Gasteiger partial charge in [0.15, 0.2) is 0 Å². The van der Waals surface area contributed by atoms with Gasteiger partial charge in [-0.25, -0.2) is 13.1 Å². The molecule has 1 aliphatic heterocycles. The average Bonchev–Trinajstić information content (AvgIpc) is 3.33. The molecular weight excluding hydrogens is 442 g/mol. The lowest BCUT2D eigenvalue weighted by molar-refractivity contribution is 0.0712. The van der Waals surface area contributed by atoms with E-state index in [0.717, 1.165) is 16.9 Å². The summed E-state index contributed by atoms with van der Waals surface area (Å²) in [6, 6.07) is 16.8. The minimum atomic E-state index is -3.50. The molecule has 1 amide bonds. The molecule has 1 saturated heterocycles. The molecule has 0 aliphatic carbocycles. The highest BCUT2D eigenvalue weighted by atomic mass is 32.2. The quantitative estimate of drug-likeness (QED) is 0.549. The highest BCUT2D eigenvalue weighted by Crippen LogP contribution is 2.27. The fraction of sp³-hybridized carbons (Fsp3) is 0.292. The summed E-state index contributed by atoms with van der Waals surface area (Å²) in [7, 11) is -3.50. The van der Waals surface area contributed by atoms with Crippen molar-refractivity contribution in [3.8, 4) is 0 Å². The molecule has 0 radical (unpaired) electrons. The number of aryl methyl sites for hydroxylation is 1. The molecule has 0 saturated carbocycles. The number of amides is 1. The number of nitrogens with one attached hydrogen (secondary N) is 2. The fourth-order valence-corrected chi connectivity index (χ4v) is 6.19. The van der Waals surface area contributed by atoms with Crippen LogP contribution in [0.4, 0.5) is 11.4 Å². The minimum Gasteiger partial charge on any atom is -0.355 e. The summed E-state index contributed by atoms with van der Waals surface area (Å²) in [5.41, 5.74) is 4.70. The van der Waals surface area contributed by atoms with Crippen molar-refractivity contribution < 1.29 is 13.2 Å². The molecule has 1 aromatic heterocycles. The first-order chi connectivity index (χ1) is 15.3. The zero-order valence-corrected chi connectivity index (χ0v) is 19.8. The van der Waals surface area contributed by atoms with E-state index in [4.69, 9.17) is 0 Å². The second-order valence-corrected chi connectivity index (χ2v) is 10.9. The Hall–Kier alpha value is -2.68. The summed E-state index contributed by atoms with van der Waals surface area (Å²) in [6.07, 6.45) is 1.17. The lowest BCUT2D eigenvalue weighted by atomic mass is 10.0. The van der Waals surface area contributed by atoms with E-state index in [9.17, 15) is 13.2 Å². The van der Waals surface area contributed by atoms with Crippen LogP contribution in [-0.2, 0) is 10.0 Å². The summed E-state index contributed by atoms with van der Waals surface area (Å²) >= 11 is 1.20. The van der Waals surface area contributed by atoms with Crippen molar-refractivity contribution in [2.75, 3.05) is 18.4 Å². The van der Waals surface area contributed by atoms with Crippen molar-refractivity contribution in [2.45, 2.75) is 36.9 Å². The predicted octanol–water partition coefficient (Wildman–Crippen LogP) is 4.69. The molecule has 32 heavy (non-hydrogen) atoms. The molecule has 0 unspecified atom stereocenters. The van der Waals surface area contributed by atoms with Crippen LogP contribution in [0.2, 0.25) is 0 Å². The van der Waals surface area contributed by atoms with Crippen LogP contribution in [0, 0.1) is 13.8 Å². The summed E-state index contributed by atoms with van der Waals surface area (Å²) in [5, 5.41) is 5.17. The molecule has 4 rings (SSSR count). The Bertz CT molecular complexity index is 1200. The number of para-hydroxylation sites is 1. The molecule has 168 valence electrons. The lowest BCUT2D eigenvalue weighted by Crippen LogP contribution is -2.46. The summed E-state index contributed by atoms with van der Waals surface area (Å²) in [4.78, 5) is 15.1. The Labute approximate surface area is 193 Å². The van der Waals surface area contributed by atoms with Gasteiger partial charge in [0.2, 0.25) is 10.0 Å². The van der Waals surface area contributed by atoms with Crippen molar-refractivity contribution >= 4 is 38.6 Å². The number of hydrogen-bond donors (Lipinski definition) is 2. The smallest absolute Gasteiger partial charge is 0.255 e. The van der Waals surface area contributed by atoms with E-state index in [1.165, 1.54) is 16.9 Å². The SMILES string of the molecule is Cc1cccc(Nc2ccccc2C(=O)N2CCC(NS(=O)(=O)c3cccs3)CC2)c1C. The van der Waals surface area contributed by atoms with Gasteiger partial charge in [0.1, 0.15) is 4.21 Å². The van der Waals surface area contributed by atoms with Gasteiger partial charge in [0.25, 0.3) is 5.91 Å². The third kappa shape index (κ3) is 4.87. The average molecular weight is 470 g/mol. The molecule has 2 aromatic carbocycles. The third-order valence-electron chi connectivity index (χ3n) is 5.90. The third-order valence-corrected chi connectivity index (χ3v) is 8.81. The van der Waals surface area contributed by atoms with E-state index in [-0.39, 0.29) is 11.9 Å². The molecule has 2 heterocycles. The van der Waals surface area contributed by atoms with Gasteiger partial charge in [-0.1, -0.05) is 30.3 Å². The van der Waals surface area contributed by atoms with Gasteiger partial charge in [-0.2, -0.15) is 0 Å². The van der Waals surface area contributed by atoms with Crippen LogP contribution in [0.25, 0.3) is 0 Å². The predicted molar refractivity (Wildman–Crippen MR) is 129 cm³/mol. The second kappa shape index (κ2) is 9.44. The molecule has 0 bridgehead atoms. The number of hydrogen-bond acceptors (Lipinski definition) is 5. The van der Waals surface area contributed by atoms with Gasteiger partial charge in [-0.05, 0) is 67.5 Å². The minimum absolute atomic E-state index is 0.0435. The number of anilines is 2. The Morgan fingerprint density at radius 2 is 1.69 bits per heavy atom. The fourth-order valence-electron chi connectivity index (χ4n) is 3.87. The van der Waals surface area contributed by atoms with Crippen LogP contribution < -0.4 is 10.0 Å². The molecule has 3 aromatic rings. The van der Waals surface area contributed by atoms with Crippen LogP contribution in [0.15, 0.2) is 64.2 Å². The first kappa shape index (κ1) is 22.5. The maximum atomic E-state index is 13.3.